The van der Waals surface area contributed by atoms with Gasteiger partial charge in [-0.25, -0.2) is 15.8 Å². The third kappa shape index (κ3) is 2.55. The molecular weight excluding hydrogens is 272 g/mol. The average Bonchev–Trinajstić information content (AvgIpc) is 2.82. The lowest BCUT2D eigenvalue weighted by molar-refractivity contribution is 0.635. The van der Waals surface area contributed by atoms with Gasteiger partial charge in [0.2, 0.25) is 0 Å². The molecule has 3 N–H and O–H groups in total. The summed E-state index contributed by atoms with van der Waals surface area (Å²) in [6.07, 6.45) is 6.68. The van der Waals surface area contributed by atoms with Gasteiger partial charge in [0.05, 0.1) is 6.20 Å². The van der Waals surface area contributed by atoms with Crippen molar-refractivity contribution in [3.05, 3.63) is 18.6 Å². The Morgan fingerprint density at radius 3 is 3.05 bits per heavy atom. The van der Waals surface area contributed by atoms with Crippen molar-refractivity contribution in [2.75, 3.05) is 29.2 Å². The first-order valence-corrected chi connectivity index (χ1v) is 7.77. The van der Waals surface area contributed by atoms with Crippen molar-refractivity contribution in [2.24, 2.45) is 5.84 Å². The van der Waals surface area contributed by atoms with Crippen LogP contribution in [0.3, 0.4) is 0 Å². The zero-order chi connectivity index (χ0) is 14.2. The van der Waals surface area contributed by atoms with Crippen molar-refractivity contribution in [1.29, 1.82) is 0 Å². The van der Waals surface area contributed by atoms with Gasteiger partial charge in [0.25, 0.3) is 0 Å². The van der Waals surface area contributed by atoms with Gasteiger partial charge in [-0.15, -0.1) is 0 Å². The fourth-order valence-corrected chi connectivity index (χ4v) is 3.53. The van der Waals surface area contributed by atoms with Crippen LogP contribution in [0, 0.1) is 0 Å². The van der Waals surface area contributed by atoms with Crippen molar-refractivity contribution in [3.63, 3.8) is 0 Å². The monoisotopic (exact) mass is 292 g/mol. The molecule has 2 aromatic heterocycles. The number of rotatable bonds is 2. The highest BCUT2D eigenvalue weighted by Crippen LogP contribution is 2.32. The van der Waals surface area contributed by atoms with Crippen molar-refractivity contribution in [3.8, 4) is 0 Å². The maximum Gasteiger partial charge on any atom is 0.180 e. The Morgan fingerprint density at radius 1 is 1.40 bits per heavy atom. The first-order chi connectivity index (χ1) is 9.59. The highest BCUT2D eigenvalue weighted by Gasteiger charge is 2.25. The lowest BCUT2D eigenvalue weighted by Gasteiger charge is -2.24. The van der Waals surface area contributed by atoms with Crippen LogP contribution in [0.25, 0.3) is 5.65 Å². The van der Waals surface area contributed by atoms with E-state index in [0.717, 1.165) is 36.7 Å². The third-order valence-corrected chi connectivity index (χ3v) is 5.01. The number of fused-ring (bicyclic) bond motifs is 1. The molecule has 0 bridgehead atoms. The molecule has 0 atom stereocenters. The molecular formula is C13H20N6S. The van der Waals surface area contributed by atoms with Crippen molar-refractivity contribution in [2.45, 2.75) is 25.0 Å². The highest BCUT2D eigenvalue weighted by molar-refractivity contribution is 8.00. The normalized spacial score (nSPS) is 19.1. The third-order valence-electron chi connectivity index (χ3n) is 3.64. The van der Waals surface area contributed by atoms with E-state index >= 15 is 0 Å². The second-order valence-corrected chi connectivity index (χ2v) is 7.40. The number of nitrogens with two attached hydrogens (primary N) is 1. The van der Waals surface area contributed by atoms with Crippen LogP contribution in [0.1, 0.15) is 20.3 Å². The SMILES string of the molecule is CC1(C)CCN(c2nc(NN)cn3ccnc23)CCS1. The van der Waals surface area contributed by atoms with E-state index in [2.05, 4.69) is 34.1 Å². The topological polar surface area (TPSA) is 71.5 Å². The molecule has 2 aromatic rings. The number of anilines is 2. The quantitative estimate of drug-likeness (QED) is 0.649. The Bertz CT molecular complexity index is 608. The van der Waals surface area contributed by atoms with Crippen LogP contribution in [0.4, 0.5) is 11.6 Å². The number of thioether (sulfide) groups is 1. The van der Waals surface area contributed by atoms with Gasteiger partial charge in [0.15, 0.2) is 17.3 Å². The smallest absolute Gasteiger partial charge is 0.180 e. The van der Waals surface area contributed by atoms with Crippen LogP contribution in [0.5, 0.6) is 0 Å². The summed E-state index contributed by atoms with van der Waals surface area (Å²) in [4.78, 5) is 11.3. The fourth-order valence-electron chi connectivity index (χ4n) is 2.43. The molecule has 0 aliphatic carbocycles. The molecule has 0 saturated carbocycles. The van der Waals surface area contributed by atoms with Gasteiger partial charge < -0.3 is 14.7 Å². The summed E-state index contributed by atoms with van der Waals surface area (Å²) in [5, 5.41) is 0. The van der Waals surface area contributed by atoms with Crippen LogP contribution < -0.4 is 16.2 Å². The average molecular weight is 292 g/mol. The summed E-state index contributed by atoms with van der Waals surface area (Å²) in [6.45, 7) is 6.58. The lowest BCUT2D eigenvalue weighted by Crippen LogP contribution is -2.28. The standard InChI is InChI=1S/C13H20N6S/c1-13(2)3-5-18(7-8-20-13)12-11-15-4-6-19(11)9-10(16-12)17-14/h4,6,9,17H,3,5,7-8,14H2,1-2H3. The minimum absolute atomic E-state index is 0.324. The lowest BCUT2D eigenvalue weighted by atomic mass is 10.1. The molecule has 0 radical (unpaired) electrons. The van der Waals surface area contributed by atoms with E-state index < -0.39 is 0 Å². The van der Waals surface area contributed by atoms with Crippen LogP contribution >= 0.6 is 11.8 Å². The van der Waals surface area contributed by atoms with Crippen molar-refractivity contribution < 1.29 is 0 Å². The minimum atomic E-state index is 0.324. The summed E-state index contributed by atoms with van der Waals surface area (Å²) in [5.41, 5.74) is 3.51. The fraction of sp³-hybridized carbons (Fsp3) is 0.538. The predicted octanol–water partition coefficient (Wildman–Crippen LogP) is 1.74. The highest BCUT2D eigenvalue weighted by atomic mass is 32.2. The van der Waals surface area contributed by atoms with E-state index in [1.807, 2.05) is 28.6 Å². The molecule has 0 aromatic carbocycles. The van der Waals surface area contributed by atoms with E-state index in [-0.39, 0.29) is 0 Å². The molecule has 0 unspecified atom stereocenters. The van der Waals surface area contributed by atoms with Crippen LogP contribution in [-0.4, -0.2) is 38.0 Å². The first-order valence-electron chi connectivity index (χ1n) is 6.78. The molecule has 1 fully saturated rings. The number of nitrogens with one attached hydrogen (secondary N) is 1. The van der Waals surface area contributed by atoms with Gasteiger partial charge in [-0.1, -0.05) is 13.8 Å². The molecule has 3 heterocycles. The van der Waals surface area contributed by atoms with Gasteiger partial charge in [0.1, 0.15) is 0 Å². The molecule has 108 valence electrons. The van der Waals surface area contributed by atoms with Crippen molar-refractivity contribution >= 4 is 29.0 Å². The largest absolute Gasteiger partial charge is 0.353 e. The predicted molar refractivity (Wildman–Crippen MR) is 84.2 cm³/mol. The van der Waals surface area contributed by atoms with Gasteiger partial charge in [-0.05, 0) is 6.42 Å². The van der Waals surface area contributed by atoms with E-state index in [9.17, 15) is 0 Å². The van der Waals surface area contributed by atoms with Crippen LogP contribution in [0.2, 0.25) is 0 Å². The molecule has 7 heteroatoms. The van der Waals surface area contributed by atoms with Crippen LogP contribution in [0.15, 0.2) is 18.6 Å². The molecule has 1 aliphatic heterocycles. The van der Waals surface area contributed by atoms with E-state index in [4.69, 9.17) is 5.84 Å². The summed E-state index contributed by atoms with van der Waals surface area (Å²) >= 11 is 2.02. The number of imidazole rings is 1. The Morgan fingerprint density at radius 2 is 2.25 bits per heavy atom. The molecule has 20 heavy (non-hydrogen) atoms. The Kier molecular flexibility index (Phi) is 3.47. The Labute approximate surface area is 122 Å². The molecule has 0 amide bonds. The van der Waals surface area contributed by atoms with Crippen molar-refractivity contribution in [1.82, 2.24) is 14.4 Å². The number of aromatic nitrogens is 3. The summed E-state index contributed by atoms with van der Waals surface area (Å²) < 4.78 is 2.28. The van der Waals surface area contributed by atoms with Gasteiger partial charge in [-0.2, -0.15) is 11.8 Å². The summed E-state index contributed by atoms with van der Waals surface area (Å²) in [7, 11) is 0. The maximum absolute atomic E-state index is 5.51. The minimum Gasteiger partial charge on any atom is -0.353 e. The first kappa shape index (κ1) is 13.5. The number of hydrazine groups is 1. The van der Waals surface area contributed by atoms with E-state index in [1.165, 1.54) is 0 Å². The number of hydrogen-bond acceptors (Lipinski definition) is 6. The van der Waals surface area contributed by atoms with E-state index in [0.29, 0.717) is 10.6 Å². The molecule has 0 spiro atoms. The molecule has 3 rings (SSSR count). The molecule has 6 nitrogen and oxygen atoms in total. The number of nitrogens with zero attached hydrogens (tertiary/aromatic N) is 4. The zero-order valence-corrected chi connectivity index (χ0v) is 12.7. The van der Waals surface area contributed by atoms with Gasteiger partial charge in [-0.3, -0.25) is 0 Å². The summed E-state index contributed by atoms with van der Waals surface area (Å²) in [5.74, 6) is 8.17. The van der Waals surface area contributed by atoms with Gasteiger partial charge in [0, 0.05) is 36.0 Å². The second kappa shape index (κ2) is 5.14. The maximum atomic E-state index is 5.51. The zero-order valence-electron chi connectivity index (χ0n) is 11.8. The Balaban J connectivity index is 1.98. The van der Waals surface area contributed by atoms with Gasteiger partial charge >= 0.3 is 0 Å². The van der Waals surface area contributed by atoms with Crippen LogP contribution in [-0.2, 0) is 0 Å². The number of nitrogen functional groups attached to an aromatic ring is 1. The molecule has 1 aliphatic rings. The molecule has 1 saturated heterocycles. The van der Waals surface area contributed by atoms with E-state index in [1.54, 1.807) is 6.20 Å². The Hall–Kier alpha value is -1.47. The number of hydrogen-bond donors (Lipinski definition) is 2. The second-order valence-electron chi connectivity index (χ2n) is 5.60. The summed E-state index contributed by atoms with van der Waals surface area (Å²) in [6, 6.07) is 0.